The summed E-state index contributed by atoms with van der Waals surface area (Å²) in [7, 11) is 0. The molecule has 2 heterocycles. The molecule has 1 amide bonds. The van der Waals surface area contributed by atoms with Gasteiger partial charge in [0.05, 0.1) is 11.9 Å². The predicted octanol–water partition coefficient (Wildman–Crippen LogP) is 4.20. The van der Waals surface area contributed by atoms with Gasteiger partial charge in [0.2, 0.25) is 5.91 Å². The van der Waals surface area contributed by atoms with Crippen molar-refractivity contribution in [3.63, 3.8) is 0 Å². The molecular formula is C20H24N4O. The molecule has 0 spiro atoms. The van der Waals surface area contributed by atoms with Gasteiger partial charge in [-0.2, -0.15) is 0 Å². The highest BCUT2D eigenvalue weighted by Crippen LogP contribution is 2.18. The fourth-order valence-electron chi connectivity index (χ4n) is 2.82. The number of amides is 1. The Morgan fingerprint density at radius 2 is 2.04 bits per heavy atom. The number of hydrogen-bond donors (Lipinski definition) is 3. The molecule has 0 aliphatic carbocycles. The summed E-state index contributed by atoms with van der Waals surface area (Å²) in [6, 6.07) is 12.1. The molecule has 0 aliphatic rings. The van der Waals surface area contributed by atoms with Crippen molar-refractivity contribution in [3.8, 4) is 0 Å². The molecule has 0 bridgehead atoms. The van der Waals surface area contributed by atoms with Gasteiger partial charge < -0.3 is 15.6 Å². The fraction of sp³-hybridized carbons (Fsp3) is 0.300. The van der Waals surface area contributed by atoms with E-state index >= 15 is 0 Å². The van der Waals surface area contributed by atoms with Gasteiger partial charge >= 0.3 is 0 Å². The summed E-state index contributed by atoms with van der Waals surface area (Å²) in [6.45, 7) is 4.87. The fourth-order valence-corrected chi connectivity index (χ4v) is 2.82. The Morgan fingerprint density at radius 3 is 2.80 bits per heavy atom. The van der Waals surface area contributed by atoms with Crippen LogP contribution in [0.25, 0.3) is 10.9 Å². The van der Waals surface area contributed by atoms with E-state index in [1.807, 2.05) is 32.0 Å². The number of carbonyl (C=O) groups excluding carboxylic acids is 1. The summed E-state index contributed by atoms with van der Waals surface area (Å²) in [5.41, 5.74) is 3.41. The van der Waals surface area contributed by atoms with Crippen LogP contribution in [0.3, 0.4) is 0 Å². The zero-order chi connectivity index (χ0) is 17.6. The number of H-pyrrole nitrogens is 1. The highest BCUT2D eigenvalue weighted by Gasteiger charge is 2.06. The summed E-state index contributed by atoms with van der Waals surface area (Å²) >= 11 is 0. The molecule has 3 rings (SSSR count). The van der Waals surface area contributed by atoms with Gasteiger partial charge in [0.1, 0.15) is 5.82 Å². The van der Waals surface area contributed by atoms with Gasteiger partial charge in [0.25, 0.3) is 0 Å². The minimum Gasteiger partial charge on any atom is -0.383 e. The molecule has 5 nitrogen and oxygen atoms in total. The molecule has 1 aromatic carbocycles. The highest BCUT2D eigenvalue weighted by molar-refractivity contribution is 5.89. The van der Waals surface area contributed by atoms with Gasteiger partial charge in [0.15, 0.2) is 0 Å². The lowest BCUT2D eigenvalue weighted by Crippen LogP contribution is -2.14. The van der Waals surface area contributed by atoms with Crippen LogP contribution in [0.5, 0.6) is 0 Å². The minimum absolute atomic E-state index is 0.00236. The van der Waals surface area contributed by atoms with Gasteiger partial charge in [0, 0.05) is 30.1 Å². The second-order valence-electron chi connectivity index (χ2n) is 6.61. The average Bonchev–Trinajstić information content (AvgIpc) is 2.99. The third-order valence-corrected chi connectivity index (χ3v) is 4.02. The number of aromatic amines is 1. The zero-order valence-corrected chi connectivity index (χ0v) is 14.7. The number of fused-ring (bicyclic) bond motifs is 1. The molecule has 130 valence electrons. The molecule has 25 heavy (non-hydrogen) atoms. The standard InChI is InChI=1S/C20H24N4O/c1-14(2)11-20(25)24-19-8-7-16(13-23-19)21-10-9-15-12-22-18-6-4-3-5-17(15)18/h3-8,12-14,21-22H,9-11H2,1-2H3,(H,23,24,25). The van der Waals surface area contributed by atoms with Crippen LogP contribution in [-0.2, 0) is 11.2 Å². The Balaban J connectivity index is 1.51. The first-order valence-corrected chi connectivity index (χ1v) is 8.66. The molecule has 0 saturated heterocycles. The molecule has 0 radical (unpaired) electrons. The molecule has 0 aliphatic heterocycles. The van der Waals surface area contributed by atoms with Crippen molar-refractivity contribution in [2.75, 3.05) is 17.2 Å². The maximum absolute atomic E-state index is 11.7. The van der Waals surface area contributed by atoms with Crippen molar-refractivity contribution in [2.45, 2.75) is 26.7 Å². The number of carbonyl (C=O) groups is 1. The number of hydrogen-bond acceptors (Lipinski definition) is 3. The number of aromatic nitrogens is 2. The normalized spacial score (nSPS) is 11.0. The van der Waals surface area contributed by atoms with Crippen LogP contribution in [0, 0.1) is 5.92 Å². The van der Waals surface area contributed by atoms with Crippen molar-refractivity contribution >= 4 is 28.3 Å². The van der Waals surface area contributed by atoms with E-state index in [1.165, 1.54) is 16.5 Å². The molecular weight excluding hydrogens is 312 g/mol. The van der Waals surface area contributed by atoms with Crippen LogP contribution in [0.4, 0.5) is 11.5 Å². The smallest absolute Gasteiger partial charge is 0.225 e. The zero-order valence-electron chi connectivity index (χ0n) is 14.7. The summed E-state index contributed by atoms with van der Waals surface area (Å²) in [5.74, 6) is 0.931. The lowest BCUT2D eigenvalue weighted by molar-refractivity contribution is -0.116. The number of anilines is 2. The van der Waals surface area contributed by atoms with E-state index in [0.717, 1.165) is 18.7 Å². The second-order valence-corrected chi connectivity index (χ2v) is 6.61. The lowest BCUT2D eigenvalue weighted by Gasteiger charge is -2.08. The van der Waals surface area contributed by atoms with Gasteiger partial charge in [-0.1, -0.05) is 32.0 Å². The lowest BCUT2D eigenvalue weighted by atomic mass is 10.1. The van der Waals surface area contributed by atoms with Crippen LogP contribution in [0.1, 0.15) is 25.8 Å². The van der Waals surface area contributed by atoms with E-state index in [9.17, 15) is 4.79 Å². The minimum atomic E-state index is 0.00236. The Kier molecular flexibility index (Phi) is 5.33. The monoisotopic (exact) mass is 336 g/mol. The maximum atomic E-state index is 11.7. The van der Waals surface area contributed by atoms with Crippen LogP contribution in [0.15, 0.2) is 48.8 Å². The van der Waals surface area contributed by atoms with Gasteiger partial charge in [-0.3, -0.25) is 4.79 Å². The number of nitrogens with zero attached hydrogens (tertiary/aromatic N) is 1. The van der Waals surface area contributed by atoms with Crippen LogP contribution < -0.4 is 10.6 Å². The molecule has 3 N–H and O–H groups in total. The summed E-state index contributed by atoms with van der Waals surface area (Å²) in [6.07, 6.45) is 5.25. The van der Waals surface area contributed by atoms with E-state index in [2.05, 4.69) is 45.0 Å². The Hall–Kier alpha value is -2.82. The highest BCUT2D eigenvalue weighted by atomic mass is 16.1. The first kappa shape index (κ1) is 17.0. The van der Waals surface area contributed by atoms with Crippen molar-refractivity contribution in [1.82, 2.24) is 9.97 Å². The van der Waals surface area contributed by atoms with Crippen molar-refractivity contribution in [3.05, 3.63) is 54.4 Å². The molecule has 5 heteroatoms. The molecule has 2 aromatic heterocycles. The van der Waals surface area contributed by atoms with E-state index < -0.39 is 0 Å². The molecule has 3 aromatic rings. The maximum Gasteiger partial charge on any atom is 0.225 e. The van der Waals surface area contributed by atoms with E-state index in [4.69, 9.17) is 0 Å². The number of rotatable bonds is 7. The Labute approximate surface area is 147 Å². The number of pyridine rings is 1. The van der Waals surface area contributed by atoms with Crippen molar-refractivity contribution in [1.29, 1.82) is 0 Å². The largest absolute Gasteiger partial charge is 0.383 e. The van der Waals surface area contributed by atoms with Gasteiger partial charge in [-0.05, 0) is 36.1 Å². The predicted molar refractivity (Wildman–Crippen MR) is 103 cm³/mol. The van der Waals surface area contributed by atoms with Crippen LogP contribution in [-0.4, -0.2) is 22.4 Å². The van der Waals surface area contributed by atoms with Gasteiger partial charge in [-0.15, -0.1) is 0 Å². The van der Waals surface area contributed by atoms with Crippen molar-refractivity contribution < 1.29 is 4.79 Å². The van der Waals surface area contributed by atoms with E-state index in [0.29, 0.717) is 18.2 Å². The molecule has 0 unspecified atom stereocenters. The number of benzene rings is 1. The number of para-hydroxylation sites is 1. The Bertz CT molecular complexity index is 836. The third-order valence-electron chi connectivity index (χ3n) is 4.02. The topological polar surface area (TPSA) is 69.8 Å². The summed E-state index contributed by atoms with van der Waals surface area (Å²) < 4.78 is 0. The summed E-state index contributed by atoms with van der Waals surface area (Å²) in [5, 5.41) is 7.46. The first-order chi connectivity index (χ1) is 12.1. The molecule has 0 saturated carbocycles. The molecule has 0 atom stereocenters. The number of nitrogens with one attached hydrogen (secondary N) is 3. The van der Waals surface area contributed by atoms with E-state index in [1.54, 1.807) is 6.20 Å². The quantitative estimate of drug-likeness (QED) is 0.605. The third kappa shape index (κ3) is 4.59. The summed E-state index contributed by atoms with van der Waals surface area (Å²) in [4.78, 5) is 19.3. The van der Waals surface area contributed by atoms with Crippen molar-refractivity contribution in [2.24, 2.45) is 5.92 Å². The average molecular weight is 336 g/mol. The first-order valence-electron chi connectivity index (χ1n) is 8.66. The Morgan fingerprint density at radius 1 is 1.20 bits per heavy atom. The van der Waals surface area contributed by atoms with Crippen LogP contribution >= 0.6 is 0 Å². The molecule has 0 fully saturated rings. The second kappa shape index (κ2) is 7.83. The SMILES string of the molecule is CC(C)CC(=O)Nc1ccc(NCCc2c[nH]c3ccccc23)cn1. The van der Waals surface area contributed by atoms with Crippen LogP contribution in [0.2, 0.25) is 0 Å². The van der Waals surface area contributed by atoms with E-state index in [-0.39, 0.29) is 5.91 Å². The van der Waals surface area contributed by atoms with Gasteiger partial charge in [-0.25, -0.2) is 4.98 Å².